The number of amides is 1. The summed E-state index contributed by atoms with van der Waals surface area (Å²) in [6, 6.07) is 12.5. The van der Waals surface area contributed by atoms with Gasteiger partial charge in [0.2, 0.25) is 0 Å². The number of likely N-dealkylation sites (tertiary alicyclic amines) is 1. The summed E-state index contributed by atoms with van der Waals surface area (Å²) in [5, 5.41) is 11.5. The molecule has 0 bridgehead atoms. The van der Waals surface area contributed by atoms with Crippen LogP contribution < -0.4 is 4.74 Å². The SMILES string of the molecule is CCOc1ccc(C2/C(=C(\O)c3cc(C(C)(C)C)ccc3C)C(=O)C(=O)N2CCOC(C)C)cc1. The second-order valence-electron chi connectivity index (χ2n) is 10.2. The lowest BCUT2D eigenvalue weighted by Gasteiger charge is -2.26. The number of ketones is 1. The first-order valence-corrected chi connectivity index (χ1v) is 12.2. The molecule has 1 heterocycles. The average Bonchev–Trinajstić information content (AvgIpc) is 3.04. The van der Waals surface area contributed by atoms with E-state index in [1.54, 1.807) is 0 Å². The zero-order chi connectivity index (χ0) is 25.9. The summed E-state index contributed by atoms with van der Waals surface area (Å²) in [6.45, 7) is 15.0. The minimum Gasteiger partial charge on any atom is -0.507 e. The number of nitrogens with zero attached hydrogens (tertiary/aromatic N) is 1. The van der Waals surface area contributed by atoms with Crippen molar-refractivity contribution in [2.45, 2.75) is 66.0 Å². The number of aliphatic hydroxyl groups is 1. The van der Waals surface area contributed by atoms with Gasteiger partial charge in [0.1, 0.15) is 11.5 Å². The molecule has 1 amide bonds. The normalized spacial score (nSPS) is 17.9. The Bertz CT molecular complexity index is 1110. The molecule has 2 aromatic rings. The van der Waals surface area contributed by atoms with Crippen LogP contribution in [0.5, 0.6) is 5.75 Å². The second-order valence-corrected chi connectivity index (χ2v) is 10.2. The molecular weight excluding hydrogens is 442 g/mol. The number of benzene rings is 2. The Labute approximate surface area is 208 Å². The fourth-order valence-corrected chi connectivity index (χ4v) is 4.25. The maximum absolute atomic E-state index is 13.3. The summed E-state index contributed by atoms with van der Waals surface area (Å²) in [4.78, 5) is 27.9. The van der Waals surface area contributed by atoms with Crippen molar-refractivity contribution in [1.82, 2.24) is 4.90 Å². The Morgan fingerprint density at radius 2 is 1.74 bits per heavy atom. The van der Waals surface area contributed by atoms with Crippen molar-refractivity contribution >= 4 is 17.4 Å². The van der Waals surface area contributed by atoms with Crippen molar-refractivity contribution in [3.63, 3.8) is 0 Å². The number of Topliss-reactive ketones (excluding diaryl/α,β-unsaturated/α-hetero) is 1. The predicted octanol–water partition coefficient (Wildman–Crippen LogP) is 5.54. The van der Waals surface area contributed by atoms with Crippen LogP contribution in [0, 0.1) is 6.92 Å². The molecule has 1 aliphatic rings. The fourth-order valence-electron chi connectivity index (χ4n) is 4.25. The lowest BCUT2D eigenvalue weighted by atomic mass is 9.84. The fraction of sp³-hybridized carbons (Fsp3) is 0.448. The summed E-state index contributed by atoms with van der Waals surface area (Å²) in [5.74, 6) is -0.780. The Hall–Kier alpha value is -3.12. The van der Waals surface area contributed by atoms with Gasteiger partial charge in [0.15, 0.2) is 0 Å². The van der Waals surface area contributed by atoms with Crippen molar-refractivity contribution in [1.29, 1.82) is 0 Å². The van der Waals surface area contributed by atoms with Crippen LogP contribution in [-0.4, -0.2) is 47.6 Å². The largest absolute Gasteiger partial charge is 0.507 e. The highest BCUT2D eigenvalue weighted by atomic mass is 16.5. The minimum atomic E-state index is -0.723. The molecule has 1 aliphatic heterocycles. The van der Waals surface area contributed by atoms with Crippen LogP contribution in [0.4, 0.5) is 0 Å². The van der Waals surface area contributed by atoms with Gasteiger partial charge in [0, 0.05) is 12.1 Å². The van der Waals surface area contributed by atoms with Gasteiger partial charge in [-0.3, -0.25) is 9.59 Å². The van der Waals surface area contributed by atoms with E-state index < -0.39 is 17.7 Å². The first-order valence-electron chi connectivity index (χ1n) is 12.2. The standard InChI is InChI=1S/C29H37NO5/c1-8-34-22-13-10-20(11-14-22)25-24(27(32)28(33)30(25)15-16-35-18(2)3)26(31)23-17-21(29(5,6)7)12-9-19(23)4/h9-14,17-18,25,31H,8,15-16H2,1-7H3/b26-24+. The molecule has 1 saturated heterocycles. The van der Waals surface area contributed by atoms with Gasteiger partial charge in [-0.05, 0) is 68.0 Å². The molecule has 1 N–H and O–H groups in total. The van der Waals surface area contributed by atoms with E-state index in [4.69, 9.17) is 9.47 Å². The molecule has 6 heteroatoms. The number of aliphatic hydroxyl groups excluding tert-OH is 1. The maximum atomic E-state index is 13.3. The molecular formula is C29H37NO5. The molecule has 2 aromatic carbocycles. The van der Waals surface area contributed by atoms with Gasteiger partial charge in [-0.15, -0.1) is 0 Å². The van der Waals surface area contributed by atoms with Crippen LogP contribution in [0.3, 0.4) is 0 Å². The molecule has 1 fully saturated rings. The number of aryl methyl sites for hydroxylation is 1. The number of carbonyl (C=O) groups excluding carboxylic acids is 2. The van der Waals surface area contributed by atoms with E-state index in [2.05, 4.69) is 20.8 Å². The lowest BCUT2D eigenvalue weighted by molar-refractivity contribution is -0.140. The maximum Gasteiger partial charge on any atom is 0.295 e. The van der Waals surface area contributed by atoms with Crippen molar-refractivity contribution in [3.8, 4) is 5.75 Å². The number of hydrogen-bond donors (Lipinski definition) is 1. The van der Waals surface area contributed by atoms with Gasteiger partial charge in [-0.2, -0.15) is 0 Å². The first-order chi connectivity index (χ1) is 16.5. The first kappa shape index (κ1) is 26.5. The molecule has 3 rings (SSSR count). The molecule has 6 nitrogen and oxygen atoms in total. The second kappa shape index (κ2) is 10.6. The van der Waals surface area contributed by atoms with E-state index in [-0.39, 0.29) is 36.0 Å². The van der Waals surface area contributed by atoms with Crippen LogP contribution in [0.2, 0.25) is 0 Å². The number of ether oxygens (including phenoxy) is 2. The van der Waals surface area contributed by atoms with Gasteiger partial charge >= 0.3 is 0 Å². The summed E-state index contributed by atoms with van der Waals surface area (Å²) in [7, 11) is 0. The Kier molecular flexibility index (Phi) is 8.06. The van der Waals surface area contributed by atoms with Crippen LogP contribution >= 0.6 is 0 Å². The average molecular weight is 480 g/mol. The van der Waals surface area contributed by atoms with Crippen LogP contribution in [-0.2, 0) is 19.7 Å². The Balaban J connectivity index is 2.15. The number of hydrogen-bond acceptors (Lipinski definition) is 5. The van der Waals surface area contributed by atoms with E-state index in [0.717, 1.165) is 16.7 Å². The minimum absolute atomic E-state index is 0.00136. The highest BCUT2D eigenvalue weighted by Crippen LogP contribution is 2.40. The Morgan fingerprint density at radius 3 is 2.31 bits per heavy atom. The molecule has 1 atom stereocenters. The Morgan fingerprint density at radius 1 is 1.09 bits per heavy atom. The van der Waals surface area contributed by atoms with Crippen molar-refractivity contribution in [3.05, 3.63) is 70.3 Å². The van der Waals surface area contributed by atoms with Crippen LogP contribution in [0.25, 0.3) is 5.76 Å². The molecule has 35 heavy (non-hydrogen) atoms. The van der Waals surface area contributed by atoms with E-state index in [1.807, 2.05) is 70.2 Å². The van der Waals surface area contributed by atoms with E-state index in [9.17, 15) is 14.7 Å². The topological polar surface area (TPSA) is 76.1 Å². The molecule has 0 saturated carbocycles. The monoisotopic (exact) mass is 479 g/mol. The van der Waals surface area contributed by atoms with Gasteiger partial charge in [-0.25, -0.2) is 0 Å². The highest BCUT2D eigenvalue weighted by Gasteiger charge is 2.46. The quantitative estimate of drug-likeness (QED) is 0.306. The molecule has 0 spiro atoms. The summed E-state index contributed by atoms with van der Waals surface area (Å²) in [6.07, 6.45) is -0.00136. The van der Waals surface area contributed by atoms with Crippen molar-refractivity contribution in [2.75, 3.05) is 19.8 Å². The van der Waals surface area contributed by atoms with Gasteiger partial charge in [0.25, 0.3) is 11.7 Å². The number of carbonyl (C=O) groups is 2. The van der Waals surface area contributed by atoms with Crippen LogP contribution in [0.15, 0.2) is 48.0 Å². The zero-order valence-corrected chi connectivity index (χ0v) is 21.8. The molecule has 1 unspecified atom stereocenters. The number of rotatable bonds is 8. The van der Waals surface area contributed by atoms with Gasteiger partial charge in [0.05, 0.1) is 30.9 Å². The molecule has 0 aliphatic carbocycles. The molecule has 0 aromatic heterocycles. The smallest absolute Gasteiger partial charge is 0.295 e. The third kappa shape index (κ3) is 5.76. The van der Waals surface area contributed by atoms with Gasteiger partial charge in [-0.1, -0.05) is 45.0 Å². The van der Waals surface area contributed by atoms with E-state index >= 15 is 0 Å². The van der Waals surface area contributed by atoms with Crippen LogP contribution in [0.1, 0.15) is 69.8 Å². The summed E-state index contributed by atoms with van der Waals surface area (Å²) < 4.78 is 11.2. The van der Waals surface area contributed by atoms with E-state index in [0.29, 0.717) is 17.9 Å². The van der Waals surface area contributed by atoms with Crippen molar-refractivity contribution < 1.29 is 24.2 Å². The lowest BCUT2D eigenvalue weighted by Crippen LogP contribution is -2.33. The van der Waals surface area contributed by atoms with E-state index in [1.165, 1.54) is 4.90 Å². The molecule has 188 valence electrons. The van der Waals surface area contributed by atoms with Gasteiger partial charge < -0.3 is 19.5 Å². The van der Waals surface area contributed by atoms with Crippen molar-refractivity contribution in [2.24, 2.45) is 0 Å². The summed E-state index contributed by atoms with van der Waals surface area (Å²) >= 11 is 0. The predicted molar refractivity (Wildman–Crippen MR) is 138 cm³/mol. The highest BCUT2D eigenvalue weighted by molar-refractivity contribution is 6.46. The third-order valence-corrected chi connectivity index (χ3v) is 6.19. The molecule has 0 radical (unpaired) electrons. The third-order valence-electron chi connectivity index (χ3n) is 6.19. The zero-order valence-electron chi connectivity index (χ0n) is 21.8. The summed E-state index contributed by atoms with van der Waals surface area (Å²) in [5.41, 5.74) is 3.10.